The van der Waals surface area contributed by atoms with Crippen LogP contribution >= 0.6 is 11.8 Å². The van der Waals surface area contributed by atoms with Crippen molar-refractivity contribution in [3.63, 3.8) is 0 Å². The summed E-state index contributed by atoms with van der Waals surface area (Å²) in [6.07, 6.45) is 3.77. The van der Waals surface area contributed by atoms with Crippen molar-refractivity contribution in [1.82, 2.24) is 9.97 Å². The molecule has 0 aliphatic heterocycles. The molecule has 1 aromatic heterocycles. The Morgan fingerprint density at radius 1 is 1.35 bits per heavy atom. The fraction of sp³-hybridized carbons (Fsp3) is 0.583. The van der Waals surface area contributed by atoms with Gasteiger partial charge in [-0.3, -0.25) is 4.79 Å². The van der Waals surface area contributed by atoms with Crippen LogP contribution in [0, 0.1) is 0 Å². The van der Waals surface area contributed by atoms with Crippen LogP contribution in [0.2, 0.25) is 0 Å². The van der Waals surface area contributed by atoms with Crippen LogP contribution in [-0.4, -0.2) is 22.0 Å². The molecule has 0 spiro atoms. The second-order valence-corrected chi connectivity index (χ2v) is 4.74. The first-order valence-corrected chi connectivity index (χ1v) is 6.90. The van der Waals surface area contributed by atoms with Crippen LogP contribution in [0.4, 0.5) is 0 Å². The van der Waals surface area contributed by atoms with Crippen molar-refractivity contribution in [2.45, 2.75) is 44.7 Å². The van der Waals surface area contributed by atoms with Gasteiger partial charge in [-0.05, 0) is 19.3 Å². The third kappa shape index (κ3) is 4.00. The van der Waals surface area contributed by atoms with E-state index >= 15 is 0 Å². The summed E-state index contributed by atoms with van der Waals surface area (Å²) >= 11 is 1.50. The number of carbonyl (C=O) groups excluding carboxylic acids is 1. The van der Waals surface area contributed by atoms with Gasteiger partial charge in [0.15, 0.2) is 5.16 Å². The number of H-pyrrole nitrogens is 1. The highest BCUT2D eigenvalue weighted by molar-refractivity contribution is 7.99. The van der Waals surface area contributed by atoms with Gasteiger partial charge in [0.25, 0.3) is 5.56 Å². The number of carbonyl (C=O) groups is 1. The summed E-state index contributed by atoms with van der Waals surface area (Å²) < 4.78 is 0. The summed E-state index contributed by atoms with van der Waals surface area (Å²) in [6, 6.07) is 0. The van der Waals surface area contributed by atoms with Crippen molar-refractivity contribution in [1.29, 1.82) is 0 Å². The van der Waals surface area contributed by atoms with Gasteiger partial charge < -0.3 is 9.78 Å². The van der Waals surface area contributed by atoms with Crippen molar-refractivity contribution in [2.75, 3.05) is 5.75 Å². The van der Waals surface area contributed by atoms with Gasteiger partial charge in [0.05, 0.1) is 5.69 Å². The first-order chi connectivity index (χ1) is 8.22. The molecule has 0 atom stereocenters. The molecule has 0 unspecified atom stereocenters. The molecule has 0 radical (unpaired) electrons. The van der Waals surface area contributed by atoms with Crippen LogP contribution in [-0.2, 0) is 17.6 Å². The molecule has 4 nitrogen and oxygen atoms in total. The SMILES string of the molecule is CCc1nc(SCCCC=O)[nH]c(=O)c1CC. The molecule has 94 valence electrons. The lowest BCUT2D eigenvalue weighted by atomic mass is 10.1. The predicted molar refractivity (Wildman–Crippen MR) is 69.6 cm³/mol. The standard InChI is InChI=1S/C12H18N2O2S/c1-3-9-10(4-2)13-12(14-11(9)16)17-8-6-5-7-15/h7H,3-6,8H2,1-2H3,(H,13,14,16). The van der Waals surface area contributed by atoms with E-state index in [9.17, 15) is 9.59 Å². The normalized spacial score (nSPS) is 10.5. The molecule has 1 N–H and O–H groups in total. The highest BCUT2D eigenvalue weighted by Crippen LogP contribution is 2.15. The molecule has 0 saturated carbocycles. The summed E-state index contributed by atoms with van der Waals surface area (Å²) in [7, 11) is 0. The average Bonchev–Trinajstić information content (AvgIpc) is 2.34. The van der Waals surface area contributed by atoms with E-state index in [2.05, 4.69) is 9.97 Å². The Kier molecular flexibility index (Phi) is 5.97. The molecule has 5 heteroatoms. The van der Waals surface area contributed by atoms with Gasteiger partial charge in [0.2, 0.25) is 0 Å². The predicted octanol–water partition coefficient (Wildman–Crippen LogP) is 1.97. The first-order valence-electron chi connectivity index (χ1n) is 5.91. The van der Waals surface area contributed by atoms with E-state index in [0.717, 1.165) is 36.1 Å². The van der Waals surface area contributed by atoms with Gasteiger partial charge in [-0.25, -0.2) is 4.98 Å². The number of hydrogen-bond acceptors (Lipinski definition) is 4. The molecule has 1 heterocycles. The summed E-state index contributed by atoms with van der Waals surface area (Å²) in [6.45, 7) is 3.96. The Morgan fingerprint density at radius 3 is 2.71 bits per heavy atom. The fourth-order valence-corrected chi connectivity index (χ4v) is 2.43. The number of hydrogen-bond donors (Lipinski definition) is 1. The van der Waals surface area contributed by atoms with Crippen LogP contribution < -0.4 is 5.56 Å². The van der Waals surface area contributed by atoms with Crippen LogP contribution in [0.3, 0.4) is 0 Å². The summed E-state index contributed by atoms with van der Waals surface area (Å²) in [5.41, 5.74) is 1.64. The molecule has 17 heavy (non-hydrogen) atoms. The molecular weight excluding hydrogens is 236 g/mol. The van der Waals surface area contributed by atoms with E-state index in [1.807, 2.05) is 13.8 Å². The average molecular weight is 254 g/mol. The highest BCUT2D eigenvalue weighted by atomic mass is 32.2. The zero-order valence-electron chi connectivity index (χ0n) is 10.3. The molecule has 0 saturated heterocycles. The van der Waals surface area contributed by atoms with E-state index in [-0.39, 0.29) is 5.56 Å². The molecular formula is C12H18N2O2S. The molecule has 1 aromatic rings. The van der Waals surface area contributed by atoms with Gasteiger partial charge in [-0.15, -0.1) is 0 Å². The minimum Gasteiger partial charge on any atom is -0.303 e. The van der Waals surface area contributed by atoms with Gasteiger partial charge in [-0.1, -0.05) is 25.6 Å². The molecule has 0 aliphatic rings. The topological polar surface area (TPSA) is 62.8 Å². The number of nitrogens with one attached hydrogen (secondary N) is 1. The molecule has 0 fully saturated rings. The maximum Gasteiger partial charge on any atom is 0.254 e. The second-order valence-electron chi connectivity index (χ2n) is 3.66. The third-order valence-corrected chi connectivity index (χ3v) is 3.43. The van der Waals surface area contributed by atoms with Crippen molar-refractivity contribution < 1.29 is 4.79 Å². The fourth-order valence-electron chi connectivity index (χ4n) is 1.58. The van der Waals surface area contributed by atoms with E-state index in [1.54, 1.807) is 0 Å². The van der Waals surface area contributed by atoms with Gasteiger partial charge in [0.1, 0.15) is 6.29 Å². The number of aldehydes is 1. The van der Waals surface area contributed by atoms with Crippen molar-refractivity contribution in [3.05, 3.63) is 21.6 Å². The van der Waals surface area contributed by atoms with Gasteiger partial charge in [-0.2, -0.15) is 0 Å². The van der Waals surface area contributed by atoms with Gasteiger partial charge in [0, 0.05) is 17.7 Å². The summed E-state index contributed by atoms with van der Waals surface area (Å²) in [4.78, 5) is 29.2. The number of aryl methyl sites for hydroxylation is 1. The number of nitrogens with zero attached hydrogens (tertiary/aromatic N) is 1. The number of unbranched alkanes of at least 4 members (excludes halogenated alkanes) is 1. The minimum absolute atomic E-state index is 0.0303. The molecule has 0 amide bonds. The van der Waals surface area contributed by atoms with Crippen molar-refractivity contribution >= 4 is 18.0 Å². The lowest BCUT2D eigenvalue weighted by Crippen LogP contribution is -2.17. The Morgan fingerprint density at radius 2 is 2.12 bits per heavy atom. The maximum atomic E-state index is 11.8. The molecule has 0 bridgehead atoms. The smallest absolute Gasteiger partial charge is 0.254 e. The third-order valence-electron chi connectivity index (χ3n) is 2.47. The monoisotopic (exact) mass is 254 g/mol. The zero-order chi connectivity index (χ0) is 12.7. The largest absolute Gasteiger partial charge is 0.303 e. The zero-order valence-corrected chi connectivity index (χ0v) is 11.1. The number of aromatic amines is 1. The van der Waals surface area contributed by atoms with E-state index in [0.29, 0.717) is 18.0 Å². The second kappa shape index (κ2) is 7.27. The van der Waals surface area contributed by atoms with Crippen LogP contribution in [0.15, 0.2) is 9.95 Å². The molecule has 0 aromatic carbocycles. The molecule has 1 rings (SSSR count). The van der Waals surface area contributed by atoms with E-state index in [4.69, 9.17) is 0 Å². The molecule has 0 aliphatic carbocycles. The van der Waals surface area contributed by atoms with E-state index < -0.39 is 0 Å². The van der Waals surface area contributed by atoms with Crippen LogP contribution in [0.1, 0.15) is 37.9 Å². The Balaban J connectivity index is 2.77. The van der Waals surface area contributed by atoms with Gasteiger partial charge >= 0.3 is 0 Å². The van der Waals surface area contributed by atoms with Crippen LogP contribution in [0.5, 0.6) is 0 Å². The number of aromatic nitrogens is 2. The Hall–Kier alpha value is -1.10. The maximum absolute atomic E-state index is 11.8. The minimum atomic E-state index is -0.0303. The lowest BCUT2D eigenvalue weighted by Gasteiger charge is -2.06. The summed E-state index contributed by atoms with van der Waals surface area (Å²) in [5, 5.41) is 0.662. The Bertz CT molecular complexity index is 429. The first kappa shape index (κ1) is 14.0. The lowest BCUT2D eigenvalue weighted by molar-refractivity contribution is -0.107. The van der Waals surface area contributed by atoms with Crippen LogP contribution in [0.25, 0.3) is 0 Å². The van der Waals surface area contributed by atoms with Crippen molar-refractivity contribution in [3.8, 4) is 0 Å². The van der Waals surface area contributed by atoms with E-state index in [1.165, 1.54) is 11.8 Å². The van der Waals surface area contributed by atoms with Crippen molar-refractivity contribution in [2.24, 2.45) is 0 Å². The number of rotatable bonds is 7. The highest BCUT2D eigenvalue weighted by Gasteiger charge is 2.08. The summed E-state index contributed by atoms with van der Waals surface area (Å²) in [5.74, 6) is 0.802. The number of thioether (sulfide) groups is 1. The quantitative estimate of drug-likeness (QED) is 0.350. The Labute approximate surface area is 105 Å².